The highest BCUT2D eigenvalue weighted by Crippen LogP contribution is 2.66. The number of nitrogens with zero attached hydrogens (tertiary/aromatic N) is 2. The zero-order valence-electron chi connectivity index (χ0n) is 22.0. The molecule has 8 rings (SSSR count). The molecule has 0 radical (unpaired) electrons. The minimum Gasteiger partial charge on any atom is -0.451 e. The van der Waals surface area contributed by atoms with Gasteiger partial charge in [-0.25, -0.2) is 18.3 Å². The van der Waals surface area contributed by atoms with Crippen LogP contribution in [0, 0.1) is 5.82 Å². The normalized spacial score (nSPS) is 23.5. The molecule has 9 nitrogen and oxygen atoms in total. The third-order valence-electron chi connectivity index (χ3n) is 8.37. The molecule has 3 saturated carbocycles. The summed E-state index contributed by atoms with van der Waals surface area (Å²) in [4.78, 5) is 41.6. The molecule has 3 aliphatic carbocycles. The summed E-state index contributed by atoms with van der Waals surface area (Å²) >= 11 is 1.61. The first-order valence-corrected chi connectivity index (χ1v) is 14.1. The van der Waals surface area contributed by atoms with Gasteiger partial charge in [0.2, 0.25) is 18.0 Å². The van der Waals surface area contributed by atoms with Crippen molar-refractivity contribution < 1.29 is 32.6 Å². The van der Waals surface area contributed by atoms with Gasteiger partial charge in [0, 0.05) is 41.5 Å². The smallest absolute Gasteiger partial charge is 0.451 e. The minimum absolute atomic E-state index is 0.0616. The second-order valence-corrected chi connectivity index (χ2v) is 11.9. The van der Waals surface area contributed by atoms with E-state index in [9.17, 15) is 18.8 Å². The van der Waals surface area contributed by atoms with Gasteiger partial charge < -0.3 is 24.5 Å². The lowest BCUT2D eigenvalue weighted by molar-refractivity contribution is -0.212. The Bertz CT molecular complexity index is 1670. The number of hydrogen-bond donors (Lipinski definition) is 1. The molecule has 5 aliphatic rings. The van der Waals surface area contributed by atoms with Gasteiger partial charge >= 0.3 is 6.16 Å². The molecule has 0 spiro atoms. The van der Waals surface area contributed by atoms with Gasteiger partial charge in [0.25, 0.3) is 5.91 Å². The topological polar surface area (TPSA) is 99.1 Å². The van der Waals surface area contributed by atoms with E-state index < -0.39 is 41.3 Å². The van der Waals surface area contributed by atoms with Crippen molar-refractivity contribution in [2.45, 2.75) is 47.5 Å². The molecule has 3 aromatic rings. The monoisotopic (exact) mass is 581 g/mol. The lowest BCUT2D eigenvalue weighted by Gasteiger charge is -2.69. The SMILES string of the molecule is COC(=O)OCOc1c2n(c(-c3cc(F)cc4c3Cc3ccccc3SC4)cc1=O)NCN(C13CC(F)(C1)C3)C2=O. The van der Waals surface area contributed by atoms with E-state index in [2.05, 4.69) is 10.2 Å². The summed E-state index contributed by atoms with van der Waals surface area (Å²) < 4.78 is 45.7. The van der Waals surface area contributed by atoms with E-state index in [0.717, 1.165) is 28.7 Å². The minimum atomic E-state index is -1.25. The summed E-state index contributed by atoms with van der Waals surface area (Å²) in [5.41, 5.74) is 3.98. The molecule has 1 N–H and O–H groups in total. The first kappa shape index (κ1) is 25.9. The summed E-state index contributed by atoms with van der Waals surface area (Å²) in [6.45, 7) is -0.615. The molecular weight excluding hydrogens is 556 g/mol. The molecule has 0 unspecified atom stereocenters. The van der Waals surface area contributed by atoms with E-state index in [1.807, 2.05) is 24.3 Å². The second kappa shape index (κ2) is 9.23. The van der Waals surface area contributed by atoms with Crippen molar-refractivity contribution in [1.29, 1.82) is 0 Å². The van der Waals surface area contributed by atoms with Gasteiger partial charge in [-0.3, -0.25) is 9.59 Å². The lowest BCUT2D eigenvalue weighted by Crippen LogP contribution is -2.79. The maximum atomic E-state index is 15.1. The number of ether oxygens (including phenoxy) is 3. The molecule has 212 valence electrons. The first-order chi connectivity index (χ1) is 19.7. The Labute approximate surface area is 237 Å². The summed E-state index contributed by atoms with van der Waals surface area (Å²) in [7, 11) is 1.12. The third-order valence-corrected chi connectivity index (χ3v) is 9.53. The molecule has 0 saturated heterocycles. The summed E-state index contributed by atoms with van der Waals surface area (Å²) in [6.07, 6.45) is 0.170. The molecule has 12 heteroatoms. The van der Waals surface area contributed by atoms with Crippen LogP contribution < -0.4 is 15.6 Å². The highest BCUT2D eigenvalue weighted by Gasteiger charge is 2.73. The standard InChI is InChI=1S/C29H25F2N3O6S/c1-38-27(37)40-15-39-25-22(35)9-21(34-24(25)26(36)33(14-32-34)29-11-28(31,12-29)13-29)20-8-18(30)6-17-10-41-23-5-3-2-4-16(23)7-19(17)20/h2-6,8-9,32H,7,10-15H2,1H3. The largest absolute Gasteiger partial charge is 0.510 e. The number of thioether (sulfide) groups is 1. The van der Waals surface area contributed by atoms with E-state index in [-0.39, 0.29) is 37.4 Å². The van der Waals surface area contributed by atoms with E-state index in [1.165, 1.54) is 27.8 Å². The van der Waals surface area contributed by atoms with Crippen molar-refractivity contribution >= 4 is 23.8 Å². The summed E-state index contributed by atoms with van der Waals surface area (Å²) in [6, 6.07) is 12.1. The number of pyridine rings is 1. The fourth-order valence-corrected chi connectivity index (χ4v) is 7.57. The van der Waals surface area contributed by atoms with Crippen molar-refractivity contribution in [2.75, 3.05) is 26.0 Å². The molecule has 1 amide bonds. The fourth-order valence-electron chi connectivity index (χ4n) is 6.50. The third kappa shape index (κ3) is 4.06. The number of hydrogen-bond acceptors (Lipinski definition) is 8. The van der Waals surface area contributed by atoms with Crippen LogP contribution in [0.5, 0.6) is 5.75 Å². The van der Waals surface area contributed by atoms with E-state index in [0.29, 0.717) is 23.4 Å². The Kier molecular flexibility index (Phi) is 5.83. The number of benzene rings is 2. The Morgan fingerprint density at radius 2 is 1.90 bits per heavy atom. The van der Waals surface area contributed by atoms with Crippen LogP contribution in [0.25, 0.3) is 11.3 Å². The predicted molar refractivity (Wildman–Crippen MR) is 145 cm³/mol. The van der Waals surface area contributed by atoms with Crippen molar-refractivity contribution in [1.82, 2.24) is 9.58 Å². The van der Waals surface area contributed by atoms with Crippen LogP contribution in [0.4, 0.5) is 13.6 Å². The van der Waals surface area contributed by atoms with Crippen LogP contribution >= 0.6 is 11.8 Å². The predicted octanol–water partition coefficient (Wildman–Crippen LogP) is 4.57. The highest BCUT2D eigenvalue weighted by molar-refractivity contribution is 7.98. The molecular formula is C29H25F2N3O6S. The van der Waals surface area contributed by atoms with Crippen molar-refractivity contribution in [3.8, 4) is 17.0 Å². The van der Waals surface area contributed by atoms with Crippen LogP contribution in [0.15, 0.2) is 52.2 Å². The van der Waals surface area contributed by atoms with Gasteiger partial charge in [-0.1, -0.05) is 18.2 Å². The average molecular weight is 582 g/mol. The zero-order valence-corrected chi connectivity index (χ0v) is 22.8. The Balaban J connectivity index is 1.36. The van der Waals surface area contributed by atoms with E-state index in [4.69, 9.17) is 9.47 Å². The maximum Gasteiger partial charge on any atom is 0.510 e. The average Bonchev–Trinajstić information content (AvgIpc) is 3.11. The number of alkyl halides is 1. The number of aromatic nitrogens is 1. The Morgan fingerprint density at radius 1 is 1.12 bits per heavy atom. The Morgan fingerprint density at radius 3 is 2.66 bits per heavy atom. The van der Waals surface area contributed by atoms with E-state index >= 15 is 4.39 Å². The van der Waals surface area contributed by atoms with Crippen LogP contribution in [-0.4, -0.2) is 53.4 Å². The van der Waals surface area contributed by atoms with Gasteiger partial charge in [-0.2, -0.15) is 0 Å². The molecule has 3 heterocycles. The molecule has 41 heavy (non-hydrogen) atoms. The van der Waals surface area contributed by atoms with Gasteiger partial charge in [0.15, 0.2) is 5.69 Å². The number of carbonyl (C=O) groups is 2. The van der Waals surface area contributed by atoms with Crippen molar-refractivity contribution in [2.24, 2.45) is 0 Å². The number of carbonyl (C=O) groups excluding carboxylic acids is 2. The van der Waals surface area contributed by atoms with Crippen LogP contribution in [0.3, 0.4) is 0 Å². The summed E-state index contributed by atoms with van der Waals surface area (Å²) in [5.74, 6) is -0.802. The van der Waals surface area contributed by atoms with E-state index in [1.54, 1.807) is 11.8 Å². The number of halogens is 2. The van der Waals surface area contributed by atoms with Gasteiger partial charge in [0.1, 0.15) is 18.2 Å². The second-order valence-electron chi connectivity index (χ2n) is 10.9. The molecule has 2 aliphatic heterocycles. The van der Waals surface area contributed by atoms with Gasteiger partial charge in [-0.15, -0.1) is 11.8 Å². The van der Waals surface area contributed by atoms with Crippen molar-refractivity contribution in [3.05, 3.63) is 80.9 Å². The number of fused-ring (bicyclic) bond motifs is 3. The molecule has 2 bridgehead atoms. The number of rotatable bonds is 5. The van der Waals surface area contributed by atoms with Gasteiger partial charge in [0.05, 0.1) is 18.3 Å². The lowest BCUT2D eigenvalue weighted by atomic mass is 9.46. The fraction of sp³-hybridized carbons (Fsp3) is 0.345. The van der Waals surface area contributed by atoms with Crippen LogP contribution in [-0.2, 0) is 21.6 Å². The quantitative estimate of drug-likeness (QED) is 0.346. The number of amides is 1. The number of nitrogens with one attached hydrogen (secondary N) is 1. The van der Waals surface area contributed by atoms with Crippen molar-refractivity contribution in [3.63, 3.8) is 0 Å². The summed E-state index contributed by atoms with van der Waals surface area (Å²) in [5, 5.41) is 0. The maximum absolute atomic E-state index is 15.1. The molecule has 3 fully saturated rings. The molecule has 2 aromatic carbocycles. The van der Waals surface area contributed by atoms with Crippen LogP contribution in [0.2, 0.25) is 0 Å². The van der Waals surface area contributed by atoms with Gasteiger partial charge in [-0.05, 0) is 41.3 Å². The Hall–Kier alpha value is -4.06. The number of methoxy groups -OCH3 is 1. The van der Waals surface area contributed by atoms with Crippen LogP contribution in [0.1, 0.15) is 46.4 Å². The first-order valence-electron chi connectivity index (χ1n) is 13.1. The molecule has 1 aromatic heterocycles. The zero-order chi connectivity index (χ0) is 28.5. The highest BCUT2D eigenvalue weighted by atomic mass is 32.2. The molecule has 0 atom stereocenters.